The summed E-state index contributed by atoms with van der Waals surface area (Å²) in [5.41, 5.74) is 1.03. The Morgan fingerprint density at radius 2 is 1.83 bits per heavy atom. The maximum Gasteiger partial charge on any atom is 0.330 e. The zero-order valence-electron chi connectivity index (χ0n) is 28.6. The van der Waals surface area contributed by atoms with Gasteiger partial charge in [0, 0.05) is 41.7 Å². The molecule has 1 saturated heterocycles. The average molecular weight is 725 g/mol. The number of aliphatic carboxylic acids is 1. The average Bonchev–Trinajstić information content (AvgIpc) is 3.60. The molecular weight excluding hydrogens is 685 g/mol. The van der Waals surface area contributed by atoms with E-state index in [0.29, 0.717) is 40.7 Å². The number of amides is 4. The van der Waals surface area contributed by atoms with Gasteiger partial charge in [-0.25, -0.2) is 14.6 Å². The monoisotopic (exact) mass is 724 g/mol. The van der Waals surface area contributed by atoms with Gasteiger partial charge in [0.15, 0.2) is 0 Å². The lowest BCUT2D eigenvalue weighted by Gasteiger charge is -2.29. The third-order valence-corrected chi connectivity index (χ3v) is 10.7. The highest BCUT2D eigenvalue weighted by Gasteiger charge is 2.61. The Kier molecular flexibility index (Phi) is 10.0. The van der Waals surface area contributed by atoms with Gasteiger partial charge in [-0.1, -0.05) is 43.2 Å². The van der Waals surface area contributed by atoms with Crippen molar-refractivity contribution in [1.29, 1.82) is 0 Å². The topological polar surface area (TPSA) is 181 Å². The fourth-order valence-corrected chi connectivity index (χ4v) is 7.63. The number of carbonyl (C=O) groups is 4. The molecular formula is C37H40N8O6S. The Balaban J connectivity index is 1.22. The molecule has 4 amide bonds. The van der Waals surface area contributed by atoms with E-state index >= 15 is 0 Å². The fraction of sp³-hybridized carbons (Fsp3) is 0.378. The molecule has 270 valence electrons. The van der Waals surface area contributed by atoms with Crippen molar-refractivity contribution in [1.82, 2.24) is 35.5 Å². The number of carbonyl (C=O) groups excluding carboxylic acids is 3. The van der Waals surface area contributed by atoms with Gasteiger partial charge < -0.3 is 30.7 Å². The van der Waals surface area contributed by atoms with Gasteiger partial charge in [0.2, 0.25) is 11.8 Å². The molecule has 2 aliphatic heterocycles. The number of hydrogen-bond acceptors (Lipinski definition) is 9. The Bertz CT molecular complexity index is 1950. The maximum atomic E-state index is 14.5. The van der Waals surface area contributed by atoms with Gasteiger partial charge in [0.25, 0.3) is 0 Å². The van der Waals surface area contributed by atoms with E-state index in [2.05, 4.69) is 20.9 Å². The van der Waals surface area contributed by atoms with Gasteiger partial charge in [0.1, 0.15) is 39.8 Å². The van der Waals surface area contributed by atoms with Crippen LogP contribution in [0, 0.1) is 5.92 Å². The van der Waals surface area contributed by atoms with E-state index in [4.69, 9.17) is 14.9 Å². The van der Waals surface area contributed by atoms with Crippen LogP contribution in [-0.4, -0.2) is 85.1 Å². The number of carboxylic acid groups (broad SMARTS) is 1. The number of rotatable bonds is 7. The molecule has 14 nitrogen and oxygen atoms in total. The van der Waals surface area contributed by atoms with Crippen LogP contribution in [0.15, 0.2) is 78.3 Å². The van der Waals surface area contributed by atoms with Gasteiger partial charge in [-0.3, -0.25) is 9.59 Å². The number of para-hydroxylation sites is 1. The molecule has 2 aromatic carbocycles. The second kappa shape index (κ2) is 15.0. The number of fused-ring (bicyclic) bond motifs is 2. The lowest BCUT2D eigenvalue weighted by atomic mass is 10.0. The summed E-state index contributed by atoms with van der Waals surface area (Å²) < 4.78 is 5.34. The molecule has 4 heterocycles. The van der Waals surface area contributed by atoms with Crippen molar-refractivity contribution >= 4 is 40.8 Å². The Hall–Kier alpha value is -5.57. The summed E-state index contributed by atoms with van der Waals surface area (Å²) in [6.07, 6.45) is 9.34. The Morgan fingerprint density at radius 1 is 1.04 bits per heavy atom. The maximum absolute atomic E-state index is 14.5. The SMILES string of the molecule is COc1ccc(-c2nn([C@@H]3CC4C(=O)NC5(C(=O)O)CC5/C=C\CCCCCC(NC(=O)Nc5ccccc5)C(=O)N4C3)nc2-c2nccs2)cc1. The summed E-state index contributed by atoms with van der Waals surface area (Å²) in [6.45, 7) is 0.0623. The first kappa shape index (κ1) is 34.9. The number of hydrogen-bond donors (Lipinski definition) is 4. The summed E-state index contributed by atoms with van der Waals surface area (Å²) in [5.74, 6) is -1.78. The molecule has 52 heavy (non-hydrogen) atoms. The molecule has 4 N–H and O–H groups in total. The third-order valence-electron chi connectivity index (χ3n) is 9.93. The molecule has 15 heteroatoms. The Morgan fingerprint density at radius 3 is 2.56 bits per heavy atom. The zero-order chi connectivity index (χ0) is 36.2. The number of methoxy groups -OCH3 is 1. The van der Waals surface area contributed by atoms with E-state index in [-0.39, 0.29) is 25.3 Å². The Labute approximate surface area is 304 Å². The normalized spacial score (nSPS) is 25.4. The van der Waals surface area contributed by atoms with Crippen LogP contribution in [0.5, 0.6) is 5.75 Å². The van der Waals surface area contributed by atoms with Crippen molar-refractivity contribution in [3.05, 3.63) is 78.3 Å². The van der Waals surface area contributed by atoms with Crippen LogP contribution in [-0.2, 0) is 14.4 Å². The summed E-state index contributed by atoms with van der Waals surface area (Å²) in [7, 11) is 1.59. The van der Waals surface area contributed by atoms with Crippen LogP contribution in [0.25, 0.3) is 22.0 Å². The van der Waals surface area contributed by atoms with Gasteiger partial charge in [-0.2, -0.15) is 9.90 Å². The number of allylic oxidation sites excluding steroid dienone is 1. The largest absolute Gasteiger partial charge is 0.497 e. The van der Waals surface area contributed by atoms with Crippen molar-refractivity contribution in [3.63, 3.8) is 0 Å². The lowest BCUT2D eigenvalue weighted by Crippen LogP contribution is -2.56. The first-order chi connectivity index (χ1) is 25.3. The molecule has 1 saturated carbocycles. The molecule has 0 spiro atoms. The molecule has 2 aromatic heterocycles. The molecule has 2 fully saturated rings. The van der Waals surface area contributed by atoms with E-state index in [1.807, 2.05) is 47.9 Å². The molecule has 0 bridgehead atoms. The van der Waals surface area contributed by atoms with Crippen molar-refractivity contribution < 1.29 is 29.0 Å². The number of thiazole rings is 1. The fourth-order valence-electron chi connectivity index (χ4n) is 7.01. The molecule has 1 aliphatic carbocycles. The number of urea groups is 1. The standard InChI is InChI=1S/C37H40N8O6S/c1-51-27-16-14-23(15-17-27)30-31(33-38-18-19-52-33)43-45(42-30)26-20-29-32(46)41-37(35(48)49)21-24(37)10-6-3-2-4-9-13-28(34(47)44(29)22-26)40-36(50)39-25-11-7-5-8-12-25/h5-8,10-12,14-19,24,26,28-29H,2-4,9,13,20-22H2,1H3,(H,41,46)(H,48,49)(H2,39,40,50)/b10-6-/t24?,26-,28?,29?,37?/m1/s1. The van der Waals surface area contributed by atoms with Crippen LogP contribution >= 0.6 is 11.3 Å². The number of ether oxygens (including phenoxy) is 1. The highest BCUT2D eigenvalue weighted by molar-refractivity contribution is 7.13. The van der Waals surface area contributed by atoms with E-state index in [9.17, 15) is 24.3 Å². The van der Waals surface area contributed by atoms with Crippen molar-refractivity contribution in [3.8, 4) is 27.7 Å². The predicted molar refractivity (Wildman–Crippen MR) is 193 cm³/mol. The van der Waals surface area contributed by atoms with Gasteiger partial charge >= 0.3 is 12.0 Å². The quantitative estimate of drug-likeness (QED) is 0.193. The van der Waals surface area contributed by atoms with E-state index in [1.165, 1.54) is 21.0 Å². The molecule has 4 unspecified atom stereocenters. The first-order valence-electron chi connectivity index (χ1n) is 17.4. The van der Waals surface area contributed by atoms with Crippen LogP contribution < -0.4 is 20.7 Å². The molecule has 5 atom stereocenters. The smallest absolute Gasteiger partial charge is 0.330 e. The minimum Gasteiger partial charge on any atom is -0.497 e. The van der Waals surface area contributed by atoms with Crippen LogP contribution in [0.2, 0.25) is 0 Å². The van der Waals surface area contributed by atoms with Crippen LogP contribution in [0.1, 0.15) is 51.0 Å². The van der Waals surface area contributed by atoms with Gasteiger partial charge in [-0.15, -0.1) is 16.4 Å². The lowest BCUT2D eigenvalue weighted by molar-refractivity contribution is -0.145. The van der Waals surface area contributed by atoms with Crippen molar-refractivity contribution in [2.75, 3.05) is 19.0 Å². The van der Waals surface area contributed by atoms with Crippen LogP contribution in [0.4, 0.5) is 10.5 Å². The van der Waals surface area contributed by atoms with Gasteiger partial charge in [0.05, 0.1) is 13.2 Å². The predicted octanol–water partition coefficient (Wildman–Crippen LogP) is 4.89. The molecule has 0 radical (unpaired) electrons. The minimum atomic E-state index is -1.45. The van der Waals surface area contributed by atoms with Gasteiger partial charge in [-0.05, 0) is 62.1 Å². The third kappa shape index (κ3) is 7.26. The second-order valence-corrected chi connectivity index (χ2v) is 14.2. The number of nitrogens with one attached hydrogen (secondary N) is 3. The molecule has 4 aromatic rings. The van der Waals surface area contributed by atoms with E-state index < -0.39 is 47.5 Å². The number of aromatic nitrogens is 4. The van der Waals surface area contributed by atoms with E-state index in [0.717, 1.165) is 24.8 Å². The van der Waals surface area contributed by atoms with Crippen LogP contribution in [0.3, 0.4) is 0 Å². The highest BCUT2D eigenvalue weighted by atomic mass is 32.1. The second-order valence-electron chi connectivity index (χ2n) is 13.3. The summed E-state index contributed by atoms with van der Waals surface area (Å²) >= 11 is 1.41. The minimum absolute atomic E-state index is 0.0623. The van der Waals surface area contributed by atoms with Crippen molar-refractivity contribution in [2.24, 2.45) is 5.92 Å². The number of benzene rings is 2. The summed E-state index contributed by atoms with van der Waals surface area (Å²) in [5, 5.41) is 30.9. The van der Waals surface area contributed by atoms with Crippen molar-refractivity contribution in [2.45, 2.75) is 68.6 Å². The molecule has 7 rings (SSSR count). The number of nitrogens with zero attached hydrogens (tertiary/aromatic N) is 5. The highest BCUT2D eigenvalue weighted by Crippen LogP contribution is 2.46. The number of anilines is 1. The summed E-state index contributed by atoms with van der Waals surface area (Å²) in [4.78, 5) is 61.9. The molecule has 3 aliphatic rings. The summed E-state index contributed by atoms with van der Waals surface area (Å²) in [6, 6.07) is 13.3. The number of carboxylic acids is 1. The zero-order valence-corrected chi connectivity index (χ0v) is 29.4. The first-order valence-corrected chi connectivity index (χ1v) is 18.3. The van der Waals surface area contributed by atoms with E-state index in [1.54, 1.807) is 37.6 Å².